The van der Waals surface area contributed by atoms with Gasteiger partial charge in [0, 0.05) is 48.7 Å². The Labute approximate surface area is 184 Å². The number of amides is 2. The van der Waals surface area contributed by atoms with Gasteiger partial charge in [0.15, 0.2) is 5.16 Å². The van der Waals surface area contributed by atoms with E-state index in [2.05, 4.69) is 10.3 Å². The molecule has 1 aliphatic heterocycles. The zero-order valence-electron chi connectivity index (χ0n) is 17.1. The highest BCUT2D eigenvalue weighted by Gasteiger charge is 2.29. The van der Waals surface area contributed by atoms with E-state index in [1.165, 1.54) is 24.3 Å². The van der Waals surface area contributed by atoms with Gasteiger partial charge in [0.1, 0.15) is 5.82 Å². The van der Waals surface area contributed by atoms with Crippen LogP contribution in [0.3, 0.4) is 0 Å². The lowest BCUT2D eigenvalue weighted by molar-refractivity contribution is -0.121. The van der Waals surface area contributed by atoms with E-state index in [1.807, 2.05) is 42.1 Å². The van der Waals surface area contributed by atoms with Crippen LogP contribution in [0.4, 0.5) is 10.1 Å². The summed E-state index contributed by atoms with van der Waals surface area (Å²) in [5.74, 6) is -0.925. The van der Waals surface area contributed by atoms with Crippen LogP contribution in [0.15, 0.2) is 71.0 Å². The number of likely N-dealkylation sites (tertiary alicyclic amines) is 1. The minimum atomic E-state index is -0.378. The normalized spacial score (nSPS) is 16.2. The Kier molecular flexibility index (Phi) is 6.36. The van der Waals surface area contributed by atoms with Crippen LogP contribution in [0.2, 0.25) is 0 Å². The average molecular weight is 439 g/mol. The van der Waals surface area contributed by atoms with Gasteiger partial charge in [-0.1, -0.05) is 11.8 Å². The molecule has 8 heteroatoms. The number of carbonyl (C=O) groups is 2. The summed E-state index contributed by atoms with van der Waals surface area (Å²) in [4.78, 5) is 32.5. The molecule has 1 atom stereocenters. The van der Waals surface area contributed by atoms with Gasteiger partial charge < -0.3 is 14.8 Å². The molecule has 160 valence electrons. The SMILES string of the molecule is Cn1ccnc1Sc1ccc(NC(=O)C2CCCN(C(=O)c3ccc(F)cc3)C2)cc1. The van der Waals surface area contributed by atoms with Crippen LogP contribution in [0.5, 0.6) is 0 Å². The molecule has 0 bridgehead atoms. The highest BCUT2D eigenvalue weighted by Crippen LogP contribution is 2.27. The Morgan fingerprint density at radius 3 is 2.55 bits per heavy atom. The van der Waals surface area contributed by atoms with Crippen molar-refractivity contribution in [1.82, 2.24) is 14.5 Å². The van der Waals surface area contributed by atoms with E-state index >= 15 is 0 Å². The van der Waals surface area contributed by atoms with E-state index in [0.717, 1.165) is 28.6 Å². The molecule has 0 aliphatic carbocycles. The molecule has 1 unspecified atom stereocenters. The third-order valence-electron chi connectivity index (χ3n) is 5.28. The van der Waals surface area contributed by atoms with Crippen molar-refractivity contribution in [2.24, 2.45) is 13.0 Å². The summed E-state index contributed by atoms with van der Waals surface area (Å²) in [7, 11) is 1.94. The predicted molar refractivity (Wildman–Crippen MR) is 117 cm³/mol. The van der Waals surface area contributed by atoms with Crippen molar-refractivity contribution in [3.63, 3.8) is 0 Å². The van der Waals surface area contributed by atoms with Crippen molar-refractivity contribution < 1.29 is 14.0 Å². The fraction of sp³-hybridized carbons (Fsp3) is 0.261. The standard InChI is InChI=1S/C23H23FN4O2S/c1-27-14-12-25-23(27)31-20-10-8-19(9-11-20)26-21(29)17-3-2-13-28(15-17)22(30)16-4-6-18(24)7-5-16/h4-12,14,17H,2-3,13,15H2,1H3,(H,26,29). The molecule has 0 saturated carbocycles. The molecular formula is C23H23FN4O2S. The maximum Gasteiger partial charge on any atom is 0.253 e. The maximum absolute atomic E-state index is 13.1. The molecular weight excluding hydrogens is 415 g/mol. The van der Waals surface area contributed by atoms with E-state index in [-0.39, 0.29) is 23.5 Å². The first-order valence-corrected chi connectivity index (χ1v) is 10.9. The van der Waals surface area contributed by atoms with Gasteiger partial charge in [0.05, 0.1) is 5.92 Å². The Balaban J connectivity index is 1.35. The molecule has 0 radical (unpaired) electrons. The number of hydrogen-bond donors (Lipinski definition) is 1. The Morgan fingerprint density at radius 2 is 1.87 bits per heavy atom. The van der Waals surface area contributed by atoms with Gasteiger partial charge in [-0.2, -0.15) is 0 Å². The Morgan fingerprint density at radius 1 is 1.13 bits per heavy atom. The number of carbonyl (C=O) groups excluding carboxylic acids is 2. The summed E-state index contributed by atoms with van der Waals surface area (Å²) in [6.07, 6.45) is 5.13. The minimum Gasteiger partial charge on any atom is -0.338 e. The molecule has 6 nitrogen and oxygen atoms in total. The number of benzene rings is 2. The Bertz CT molecular complexity index is 1070. The van der Waals surface area contributed by atoms with Crippen LogP contribution in [0, 0.1) is 11.7 Å². The van der Waals surface area contributed by atoms with Crippen LogP contribution >= 0.6 is 11.8 Å². The molecule has 1 fully saturated rings. The quantitative estimate of drug-likeness (QED) is 0.648. The minimum absolute atomic E-state index is 0.0962. The van der Waals surface area contributed by atoms with Crippen molar-refractivity contribution in [2.45, 2.75) is 22.9 Å². The van der Waals surface area contributed by atoms with Crippen LogP contribution in [-0.2, 0) is 11.8 Å². The molecule has 2 amide bonds. The molecule has 4 rings (SSSR count). The molecule has 1 N–H and O–H groups in total. The lowest BCUT2D eigenvalue weighted by Crippen LogP contribution is -2.43. The van der Waals surface area contributed by atoms with Gasteiger partial charge in [-0.05, 0) is 61.4 Å². The van der Waals surface area contributed by atoms with E-state index < -0.39 is 0 Å². The van der Waals surface area contributed by atoms with Gasteiger partial charge in [-0.3, -0.25) is 9.59 Å². The molecule has 1 aromatic heterocycles. The lowest BCUT2D eigenvalue weighted by Gasteiger charge is -2.32. The molecule has 0 spiro atoms. The lowest BCUT2D eigenvalue weighted by atomic mass is 9.96. The monoisotopic (exact) mass is 438 g/mol. The van der Waals surface area contributed by atoms with Crippen molar-refractivity contribution in [3.8, 4) is 0 Å². The average Bonchev–Trinajstić information content (AvgIpc) is 3.19. The second-order valence-electron chi connectivity index (χ2n) is 7.53. The van der Waals surface area contributed by atoms with Crippen molar-refractivity contribution in [3.05, 3.63) is 72.3 Å². The molecule has 2 heterocycles. The van der Waals surface area contributed by atoms with Gasteiger partial charge in [0.2, 0.25) is 5.91 Å². The highest BCUT2D eigenvalue weighted by molar-refractivity contribution is 7.99. The van der Waals surface area contributed by atoms with E-state index in [1.54, 1.807) is 22.9 Å². The summed E-state index contributed by atoms with van der Waals surface area (Å²) in [6, 6.07) is 13.1. The second-order valence-corrected chi connectivity index (χ2v) is 8.57. The zero-order chi connectivity index (χ0) is 21.8. The smallest absolute Gasteiger partial charge is 0.253 e. The first-order valence-electron chi connectivity index (χ1n) is 10.1. The summed E-state index contributed by atoms with van der Waals surface area (Å²) in [5.41, 5.74) is 1.15. The third-order valence-corrected chi connectivity index (χ3v) is 6.36. The fourth-order valence-corrected chi connectivity index (χ4v) is 4.36. The molecule has 2 aromatic carbocycles. The fourth-order valence-electron chi connectivity index (χ4n) is 3.56. The van der Waals surface area contributed by atoms with Crippen molar-refractivity contribution >= 4 is 29.3 Å². The number of aryl methyl sites for hydroxylation is 1. The summed E-state index contributed by atoms with van der Waals surface area (Å²) in [6.45, 7) is 0.953. The van der Waals surface area contributed by atoms with E-state index in [4.69, 9.17) is 0 Å². The first kappa shape index (κ1) is 21.1. The van der Waals surface area contributed by atoms with Gasteiger partial charge in [-0.25, -0.2) is 9.37 Å². The van der Waals surface area contributed by atoms with E-state index in [0.29, 0.717) is 18.7 Å². The number of aromatic nitrogens is 2. The number of piperidine rings is 1. The largest absolute Gasteiger partial charge is 0.338 e. The molecule has 1 saturated heterocycles. The number of nitrogens with zero attached hydrogens (tertiary/aromatic N) is 3. The number of imidazole rings is 1. The maximum atomic E-state index is 13.1. The first-order chi connectivity index (χ1) is 15.0. The predicted octanol–water partition coefficient (Wildman–Crippen LogP) is 4.20. The topological polar surface area (TPSA) is 67.2 Å². The van der Waals surface area contributed by atoms with E-state index in [9.17, 15) is 14.0 Å². The number of hydrogen-bond acceptors (Lipinski definition) is 4. The van der Waals surface area contributed by atoms with Gasteiger partial charge in [-0.15, -0.1) is 0 Å². The summed E-state index contributed by atoms with van der Waals surface area (Å²) >= 11 is 1.55. The van der Waals surface area contributed by atoms with Crippen LogP contribution in [0.25, 0.3) is 0 Å². The van der Waals surface area contributed by atoms with Crippen LogP contribution in [0.1, 0.15) is 23.2 Å². The third kappa shape index (κ3) is 5.14. The van der Waals surface area contributed by atoms with Gasteiger partial charge >= 0.3 is 0 Å². The highest BCUT2D eigenvalue weighted by atomic mass is 32.2. The number of rotatable bonds is 5. The van der Waals surface area contributed by atoms with Crippen molar-refractivity contribution in [2.75, 3.05) is 18.4 Å². The number of halogens is 1. The number of anilines is 1. The van der Waals surface area contributed by atoms with Crippen LogP contribution < -0.4 is 5.32 Å². The van der Waals surface area contributed by atoms with Crippen molar-refractivity contribution in [1.29, 1.82) is 0 Å². The van der Waals surface area contributed by atoms with Crippen LogP contribution in [-0.4, -0.2) is 39.4 Å². The Hall–Kier alpha value is -3.13. The summed E-state index contributed by atoms with van der Waals surface area (Å²) in [5, 5.41) is 3.85. The molecule has 3 aromatic rings. The molecule has 1 aliphatic rings. The number of nitrogens with one attached hydrogen (secondary N) is 1. The zero-order valence-corrected chi connectivity index (χ0v) is 17.9. The molecule has 31 heavy (non-hydrogen) atoms. The van der Waals surface area contributed by atoms with Gasteiger partial charge in [0.25, 0.3) is 5.91 Å². The summed E-state index contributed by atoms with van der Waals surface area (Å²) < 4.78 is 15.1. The second kappa shape index (κ2) is 9.34.